The van der Waals surface area contributed by atoms with E-state index in [9.17, 15) is 4.79 Å². The summed E-state index contributed by atoms with van der Waals surface area (Å²) in [5.74, 6) is 0. The van der Waals surface area contributed by atoms with Gasteiger partial charge in [0.2, 0.25) is 0 Å². The molecule has 1 aromatic carbocycles. The molecule has 0 amide bonds. The molecule has 0 heterocycles. The molecule has 0 aliphatic carbocycles. The van der Waals surface area contributed by atoms with Crippen LogP contribution in [0.2, 0.25) is 13.1 Å². The first-order valence-corrected chi connectivity index (χ1v) is 7.84. The molecule has 0 saturated heterocycles. The van der Waals surface area contributed by atoms with Gasteiger partial charge in [0.15, 0.2) is 0 Å². The van der Waals surface area contributed by atoms with Crippen molar-refractivity contribution < 1.29 is 4.79 Å². The monoisotopic (exact) mass is 204 g/mol. The number of carbonyl (C=O) groups is 1. The lowest BCUT2D eigenvalue weighted by Crippen LogP contribution is -2.39. The Morgan fingerprint density at radius 2 is 1.79 bits per heavy atom. The maximum atomic E-state index is 10.6. The van der Waals surface area contributed by atoms with E-state index in [0.29, 0.717) is 0 Å². The van der Waals surface area contributed by atoms with Gasteiger partial charge in [0, 0.05) is 0 Å². The van der Waals surface area contributed by atoms with Gasteiger partial charge in [0.25, 0.3) is 0 Å². The van der Waals surface area contributed by atoms with E-state index in [1.807, 2.05) is 25.1 Å². The van der Waals surface area contributed by atoms with Crippen LogP contribution >= 0.6 is 0 Å². The molecule has 0 aliphatic rings. The number of carbonyl (C=O) groups excluding carboxylic acids is 1. The summed E-state index contributed by atoms with van der Waals surface area (Å²) in [4.78, 5) is 10.6. The van der Waals surface area contributed by atoms with E-state index in [1.165, 1.54) is 5.19 Å². The van der Waals surface area contributed by atoms with Crippen molar-refractivity contribution in [1.29, 1.82) is 0 Å². The average Bonchev–Trinajstić information content (AvgIpc) is 2.18. The van der Waals surface area contributed by atoms with Gasteiger partial charge < -0.3 is 0 Å². The zero-order chi connectivity index (χ0) is 10.6. The lowest BCUT2D eigenvalue weighted by molar-refractivity contribution is -0.104. The van der Waals surface area contributed by atoms with Crippen molar-refractivity contribution in [2.45, 2.75) is 20.0 Å². The molecule has 0 saturated carbocycles. The van der Waals surface area contributed by atoms with Crippen LogP contribution in [0, 0.1) is 0 Å². The van der Waals surface area contributed by atoms with Gasteiger partial charge in [0.1, 0.15) is 14.4 Å². The molecule has 0 N–H and O–H groups in total. The highest BCUT2D eigenvalue weighted by Crippen LogP contribution is 2.07. The van der Waals surface area contributed by atoms with E-state index in [-0.39, 0.29) is 0 Å². The highest BCUT2D eigenvalue weighted by molar-refractivity contribution is 6.94. The number of rotatable bonds is 3. The fourth-order valence-corrected chi connectivity index (χ4v) is 3.98. The Kier molecular flexibility index (Phi) is 3.41. The van der Waals surface area contributed by atoms with E-state index in [1.54, 1.807) is 0 Å². The molecule has 1 aromatic rings. The number of allylic oxidation sites excluding steroid dienone is 1. The maximum Gasteiger partial charge on any atom is 0.145 e. The van der Waals surface area contributed by atoms with E-state index in [0.717, 1.165) is 11.9 Å². The van der Waals surface area contributed by atoms with Gasteiger partial charge in [-0.2, -0.15) is 0 Å². The topological polar surface area (TPSA) is 17.1 Å². The second kappa shape index (κ2) is 4.38. The lowest BCUT2D eigenvalue weighted by atomic mass is 10.4. The fourth-order valence-electron chi connectivity index (χ4n) is 1.55. The Bertz CT molecular complexity index is 339. The third-order valence-electron chi connectivity index (χ3n) is 2.29. The molecule has 14 heavy (non-hydrogen) atoms. The van der Waals surface area contributed by atoms with Crippen LogP contribution in [-0.4, -0.2) is 14.4 Å². The molecular formula is C12H16OSi. The molecule has 0 atom stereocenters. The summed E-state index contributed by atoms with van der Waals surface area (Å²) in [6, 6.07) is 10.4. The lowest BCUT2D eigenvalue weighted by Gasteiger charge is -2.18. The van der Waals surface area contributed by atoms with Crippen LogP contribution in [-0.2, 0) is 4.79 Å². The molecule has 2 heteroatoms. The molecule has 0 bridgehead atoms. The van der Waals surface area contributed by atoms with Gasteiger partial charge in [-0.05, 0) is 12.5 Å². The molecule has 1 rings (SSSR count). The summed E-state index contributed by atoms with van der Waals surface area (Å²) in [6.45, 7) is 6.36. The van der Waals surface area contributed by atoms with Gasteiger partial charge >= 0.3 is 0 Å². The summed E-state index contributed by atoms with van der Waals surface area (Å²) in [7, 11) is -1.56. The summed E-state index contributed by atoms with van der Waals surface area (Å²) < 4.78 is 0. The minimum atomic E-state index is -1.56. The minimum absolute atomic E-state index is 0.838. The fraction of sp³-hybridized carbons (Fsp3) is 0.250. The van der Waals surface area contributed by atoms with Crippen LogP contribution in [0.1, 0.15) is 6.92 Å². The molecule has 0 unspecified atom stereocenters. The van der Waals surface area contributed by atoms with Gasteiger partial charge in [-0.3, -0.25) is 4.79 Å². The Labute approximate surface area is 86.5 Å². The molecular weight excluding hydrogens is 188 g/mol. The first-order chi connectivity index (χ1) is 6.56. The van der Waals surface area contributed by atoms with Gasteiger partial charge in [-0.25, -0.2) is 0 Å². The molecule has 1 nitrogen and oxygen atoms in total. The molecule has 0 aromatic heterocycles. The van der Waals surface area contributed by atoms with E-state index in [2.05, 4.69) is 30.9 Å². The van der Waals surface area contributed by atoms with Crippen LogP contribution in [0.25, 0.3) is 0 Å². The first-order valence-electron chi connectivity index (χ1n) is 4.76. The Balaban J connectivity index is 3.02. The van der Waals surface area contributed by atoms with E-state index >= 15 is 0 Å². The second-order valence-electron chi connectivity index (χ2n) is 4.09. The van der Waals surface area contributed by atoms with Crippen molar-refractivity contribution in [2.24, 2.45) is 0 Å². The number of hydrogen-bond acceptors (Lipinski definition) is 1. The second-order valence-corrected chi connectivity index (χ2v) is 8.40. The summed E-state index contributed by atoms with van der Waals surface area (Å²) in [5, 5.41) is 1.36. The van der Waals surface area contributed by atoms with Crippen LogP contribution in [0.3, 0.4) is 0 Å². The third-order valence-corrected chi connectivity index (χ3v) is 5.29. The molecule has 0 fully saturated rings. The van der Waals surface area contributed by atoms with Crippen LogP contribution in [0.15, 0.2) is 41.6 Å². The number of hydrogen-bond donors (Lipinski definition) is 0. The van der Waals surface area contributed by atoms with Gasteiger partial charge in [-0.15, -0.1) is 0 Å². The quantitative estimate of drug-likeness (QED) is 0.419. The standard InChI is InChI=1S/C12H16OSi/c1-11(9-13)10-14(2,3)12-7-5-4-6-8-12/h4-10H,1-3H3/b11-10+. The van der Waals surface area contributed by atoms with Crippen molar-refractivity contribution in [3.05, 3.63) is 41.6 Å². The average molecular weight is 204 g/mol. The molecule has 0 radical (unpaired) electrons. The Hall–Kier alpha value is -1.15. The van der Waals surface area contributed by atoms with Crippen molar-refractivity contribution in [2.75, 3.05) is 0 Å². The van der Waals surface area contributed by atoms with E-state index < -0.39 is 8.07 Å². The van der Waals surface area contributed by atoms with Crippen molar-refractivity contribution in [3.63, 3.8) is 0 Å². The summed E-state index contributed by atoms with van der Waals surface area (Å²) in [6.07, 6.45) is 0.928. The summed E-state index contributed by atoms with van der Waals surface area (Å²) >= 11 is 0. The van der Waals surface area contributed by atoms with Gasteiger partial charge in [0.05, 0.1) is 0 Å². The maximum absolute atomic E-state index is 10.6. The SMILES string of the molecule is C/C(C=O)=C\[Si](C)(C)c1ccccc1. The van der Waals surface area contributed by atoms with Crippen molar-refractivity contribution in [1.82, 2.24) is 0 Å². The van der Waals surface area contributed by atoms with E-state index in [4.69, 9.17) is 0 Å². The van der Waals surface area contributed by atoms with Crippen molar-refractivity contribution in [3.8, 4) is 0 Å². The minimum Gasteiger partial charge on any atom is -0.298 e. The number of benzene rings is 1. The highest BCUT2D eigenvalue weighted by atomic mass is 28.3. The normalized spacial score (nSPS) is 12.6. The predicted octanol–water partition coefficient (Wildman–Crippen LogP) is 2.29. The highest BCUT2D eigenvalue weighted by Gasteiger charge is 2.19. The smallest absolute Gasteiger partial charge is 0.145 e. The largest absolute Gasteiger partial charge is 0.298 e. The Morgan fingerprint density at radius 3 is 2.29 bits per heavy atom. The third kappa shape index (κ3) is 2.67. The van der Waals surface area contributed by atoms with Crippen LogP contribution in [0.5, 0.6) is 0 Å². The van der Waals surface area contributed by atoms with Crippen molar-refractivity contribution >= 4 is 19.5 Å². The predicted molar refractivity (Wildman–Crippen MR) is 63.4 cm³/mol. The van der Waals surface area contributed by atoms with Crippen LogP contribution < -0.4 is 5.19 Å². The zero-order valence-electron chi connectivity index (χ0n) is 8.95. The van der Waals surface area contributed by atoms with Crippen LogP contribution in [0.4, 0.5) is 0 Å². The summed E-state index contributed by atoms with van der Waals surface area (Å²) in [5.41, 5.74) is 2.97. The zero-order valence-corrected chi connectivity index (χ0v) is 9.95. The molecule has 74 valence electrons. The molecule has 0 aliphatic heterocycles. The van der Waals surface area contributed by atoms with Gasteiger partial charge in [-0.1, -0.05) is 54.3 Å². The number of aldehydes is 1. The first kappa shape index (κ1) is 10.9. The molecule has 0 spiro atoms. The Morgan fingerprint density at radius 1 is 1.21 bits per heavy atom.